The standard InChI is InChI=1S/C21H26N4O5/c1-14(2)8-25-20(27)19(26)24-12-21(30-10-18(24)22-25)5-6-23(11-21)9-15-3-4-16-17(7-15)29-13-28-16/h3-4,7,14H,5-6,8-13H2,1-2H3. The van der Waals surface area contributed by atoms with Gasteiger partial charge in [0, 0.05) is 26.2 Å². The average molecular weight is 414 g/mol. The van der Waals surface area contributed by atoms with Gasteiger partial charge in [0.05, 0.1) is 6.54 Å². The van der Waals surface area contributed by atoms with Crippen molar-refractivity contribution >= 4 is 0 Å². The van der Waals surface area contributed by atoms with Crippen molar-refractivity contribution in [2.24, 2.45) is 5.92 Å². The molecule has 1 aromatic heterocycles. The van der Waals surface area contributed by atoms with Gasteiger partial charge in [-0.25, -0.2) is 4.68 Å². The summed E-state index contributed by atoms with van der Waals surface area (Å²) in [5, 5.41) is 4.39. The minimum Gasteiger partial charge on any atom is -0.454 e. The van der Waals surface area contributed by atoms with Crippen LogP contribution in [-0.2, 0) is 31.0 Å². The van der Waals surface area contributed by atoms with Crippen molar-refractivity contribution < 1.29 is 14.2 Å². The third-order valence-electron chi connectivity index (χ3n) is 5.94. The van der Waals surface area contributed by atoms with Crippen molar-refractivity contribution in [1.29, 1.82) is 0 Å². The molecule has 1 unspecified atom stereocenters. The summed E-state index contributed by atoms with van der Waals surface area (Å²) in [4.78, 5) is 27.5. The number of nitrogens with zero attached hydrogens (tertiary/aromatic N) is 4. The number of likely N-dealkylation sites (tertiary alicyclic amines) is 1. The van der Waals surface area contributed by atoms with E-state index in [1.165, 1.54) is 9.25 Å². The van der Waals surface area contributed by atoms with Crippen LogP contribution in [-0.4, -0.2) is 44.7 Å². The molecule has 2 aromatic rings. The fraction of sp³-hybridized carbons (Fsp3) is 0.571. The van der Waals surface area contributed by atoms with Crippen LogP contribution in [0.1, 0.15) is 31.7 Å². The lowest BCUT2D eigenvalue weighted by Gasteiger charge is -2.35. The number of fused-ring (bicyclic) bond motifs is 2. The molecule has 160 valence electrons. The van der Waals surface area contributed by atoms with Gasteiger partial charge < -0.3 is 14.2 Å². The molecule has 1 aromatic carbocycles. The van der Waals surface area contributed by atoms with Crippen LogP contribution in [0.4, 0.5) is 0 Å². The first-order chi connectivity index (χ1) is 14.4. The molecule has 0 bridgehead atoms. The molecule has 0 saturated carbocycles. The average Bonchev–Trinajstić information content (AvgIpc) is 3.33. The number of rotatable bonds is 4. The SMILES string of the molecule is CC(C)Cn1nc2n(c(=O)c1=O)CC1(CCN(Cc3ccc4c(c3)OCO4)C1)OC2. The molecule has 0 radical (unpaired) electrons. The first-order valence-electron chi connectivity index (χ1n) is 10.4. The summed E-state index contributed by atoms with van der Waals surface area (Å²) in [6.45, 7) is 7.59. The quantitative estimate of drug-likeness (QED) is 0.689. The summed E-state index contributed by atoms with van der Waals surface area (Å²) >= 11 is 0. The molecule has 3 aliphatic rings. The van der Waals surface area contributed by atoms with Crippen molar-refractivity contribution in [3.05, 3.63) is 50.3 Å². The maximum atomic E-state index is 12.7. The van der Waals surface area contributed by atoms with Gasteiger partial charge in [-0.1, -0.05) is 19.9 Å². The fourth-order valence-electron chi connectivity index (χ4n) is 4.48. The van der Waals surface area contributed by atoms with Crippen molar-refractivity contribution in [1.82, 2.24) is 19.2 Å². The van der Waals surface area contributed by atoms with Crippen molar-refractivity contribution in [3.63, 3.8) is 0 Å². The predicted molar refractivity (Wildman–Crippen MR) is 108 cm³/mol. The number of ether oxygens (including phenoxy) is 3. The highest BCUT2D eigenvalue weighted by atomic mass is 16.7. The van der Waals surface area contributed by atoms with E-state index in [1.54, 1.807) is 0 Å². The summed E-state index contributed by atoms with van der Waals surface area (Å²) in [5.41, 5.74) is -0.383. The van der Waals surface area contributed by atoms with Gasteiger partial charge in [-0.2, -0.15) is 5.10 Å². The highest BCUT2D eigenvalue weighted by molar-refractivity contribution is 5.44. The van der Waals surface area contributed by atoms with Gasteiger partial charge >= 0.3 is 11.1 Å². The van der Waals surface area contributed by atoms with Crippen LogP contribution >= 0.6 is 0 Å². The molecule has 3 aliphatic heterocycles. The molecule has 9 heteroatoms. The molecule has 5 rings (SSSR count). The van der Waals surface area contributed by atoms with E-state index in [1.807, 2.05) is 32.0 Å². The normalized spacial score (nSPS) is 22.8. The van der Waals surface area contributed by atoms with Crippen molar-refractivity contribution in [2.45, 2.75) is 52.1 Å². The van der Waals surface area contributed by atoms with Crippen LogP contribution in [0.15, 0.2) is 27.8 Å². The number of hydrogen-bond acceptors (Lipinski definition) is 7. The molecule has 30 heavy (non-hydrogen) atoms. The van der Waals surface area contributed by atoms with Crippen LogP contribution in [0.5, 0.6) is 11.5 Å². The van der Waals surface area contributed by atoms with Crippen LogP contribution in [0, 0.1) is 5.92 Å². The van der Waals surface area contributed by atoms with E-state index in [-0.39, 0.29) is 19.3 Å². The second kappa shape index (κ2) is 7.24. The summed E-state index contributed by atoms with van der Waals surface area (Å²) in [6, 6.07) is 5.99. The first-order valence-corrected chi connectivity index (χ1v) is 10.4. The number of hydrogen-bond donors (Lipinski definition) is 0. The largest absolute Gasteiger partial charge is 0.454 e. The van der Waals surface area contributed by atoms with Gasteiger partial charge in [-0.3, -0.25) is 19.1 Å². The molecule has 0 amide bonds. The minimum absolute atomic E-state index is 0.230. The third kappa shape index (κ3) is 3.41. The zero-order valence-corrected chi connectivity index (χ0v) is 17.3. The third-order valence-corrected chi connectivity index (χ3v) is 5.94. The van der Waals surface area contributed by atoms with Crippen LogP contribution in [0.2, 0.25) is 0 Å². The van der Waals surface area contributed by atoms with Crippen molar-refractivity contribution in [3.8, 4) is 11.5 Å². The lowest BCUT2D eigenvalue weighted by molar-refractivity contribution is -0.0859. The monoisotopic (exact) mass is 414 g/mol. The molecular formula is C21H26N4O5. The second-order valence-corrected chi connectivity index (χ2v) is 8.81. The van der Waals surface area contributed by atoms with E-state index >= 15 is 0 Å². The smallest absolute Gasteiger partial charge is 0.332 e. The van der Waals surface area contributed by atoms with E-state index in [4.69, 9.17) is 14.2 Å². The Morgan fingerprint density at radius 3 is 2.80 bits per heavy atom. The first kappa shape index (κ1) is 19.3. The summed E-state index contributed by atoms with van der Waals surface area (Å²) in [6.07, 6.45) is 0.804. The fourth-order valence-corrected chi connectivity index (χ4v) is 4.48. The highest BCUT2D eigenvalue weighted by Crippen LogP contribution is 2.35. The van der Waals surface area contributed by atoms with Crippen molar-refractivity contribution in [2.75, 3.05) is 19.9 Å². The molecule has 1 fully saturated rings. The molecule has 0 aliphatic carbocycles. The molecule has 9 nitrogen and oxygen atoms in total. The van der Waals surface area contributed by atoms with E-state index < -0.39 is 16.7 Å². The minimum atomic E-state index is -0.556. The Labute approximate surface area is 173 Å². The Morgan fingerprint density at radius 2 is 1.97 bits per heavy atom. The van der Waals surface area contributed by atoms with E-state index in [0.29, 0.717) is 25.5 Å². The van der Waals surface area contributed by atoms with E-state index in [0.717, 1.165) is 36.6 Å². The summed E-state index contributed by atoms with van der Waals surface area (Å²) in [5.74, 6) is 2.31. The lowest BCUT2D eigenvalue weighted by Crippen LogP contribution is -2.53. The molecule has 1 spiro atoms. The topological polar surface area (TPSA) is 87.8 Å². The zero-order chi connectivity index (χ0) is 20.9. The summed E-state index contributed by atoms with van der Waals surface area (Å²) in [7, 11) is 0. The van der Waals surface area contributed by atoms with Crippen LogP contribution in [0.25, 0.3) is 0 Å². The van der Waals surface area contributed by atoms with E-state index in [9.17, 15) is 9.59 Å². The Hall–Kier alpha value is -2.65. The van der Waals surface area contributed by atoms with Gasteiger partial charge in [0.25, 0.3) is 0 Å². The van der Waals surface area contributed by atoms with Gasteiger partial charge in [0.1, 0.15) is 12.2 Å². The van der Waals surface area contributed by atoms with Crippen LogP contribution < -0.4 is 20.6 Å². The van der Waals surface area contributed by atoms with Gasteiger partial charge in [0.15, 0.2) is 17.3 Å². The zero-order valence-electron chi connectivity index (χ0n) is 17.3. The van der Waals surface area contributed by atoms with Gasteiger partial charge in [0.2, 0.25) is 6.79 Å². The lowest BCUT2D eigenvalue weighted by atomic mass is 10.0. The predicted octanol–water partition coefficient (Wildman–Crippen LogP) is 0.965. The molecule has 4 heterocycles. The Balaban J connectivity index is 1.33. The molecule has 0 N–H and O–H groups in total. The molecule has 1 atom stereocenters. The number of benzene rings is 1. The Morgan fingerprint density at radius 1 is 1.13 bits per heavy atom. The maximum absolute atomic E-state index is 12.7. The highest BCUT2D eigenvalue weighted by Gasteiger charge is 2.43. The van der Waals surface area contributed by atoms with E-state index in [2.05, 4.69) is 10.00 Å². The van der Waals surface area contributed by atoms with Gasteiger partial charge in [-0.15, -0.1) is 0 Å². The Kier molecular flexibility index (Phi) is 4.67. The molecule has 1 saturated heterocycles. The summed E-state index contributed by atoms with van der Waals surface area (Å²) < 4.78 is 19.9. The number of aromatic nitrogens is 3. The molecular weight excluding hydrogens is 388 g/mol. The maximum Gasteiger partial charge on any atom is 0.332 e. The Bertz CT molecular complexity index is 1090. The second-order valence-electron chi connectivity index (χ2n) is 8.81. The van der Waals surface area contributed by atoms with Gasteiger partial charge in [-0.05, 0) is 30.0 Å². The van der Waals surface area contributed by atoms with Crippen LogP contribution in [0.3, 0.4) is 0 Å².